The third-order valence-electron chi connectivity index (χ3n) is 5.44. The van der Waals surface area contributed by atoms with Crippen LogP contribution in [0.1, 0.15) is 45.9 Å². The third-order valence-corrected chi connectivity index (χ3v) is 5.85. The van der Waals surface area contributed by atoms with Gasteiger partial charge < -0.3 is 5.32 Å². The minimum absolute atomic E-state index is 0.151. The first-order chi connectivity index (χ1) is 15.1. The Balaban J connectivity index is 1.41. The van der Waals surface area contributed by atoms with Gasteiger partial charge in [-0.25, -0.2) is 14.3 Å². The van der Waals surface area contributed by atoms with E-state index < -0.39 is 0 Å². The van der Waals surface area contributed by atoms with Gasteiger partial charge in [-0.2, -0.15) is 10.2 Å². The molecule has 1 fully saturated rings. The van der Waals surface area contributed by atoms with Crippen molar-refractivity contribution in [1.29, 1.82) is 0 Å². The van der Waals surface area contributed by atoms with Crippen molar-refractivity contribution in [2.75, 3.05) is 0 Å². The molecule has 5 rings (SSSR count). The molecule has 1 aliphatic rings. The second-order valence-corrected chi connectivity index (χ2v) is 8.09. The molecule has 0 bridgehead atoms. The quantitative estimate of drug-likeness (QED) is 0.494. The molecule has 0 spiro atoms. The van der Waals surface area contributed by atoms with E-state index in [9.17, 15) is 4.79 Å². The molecule has 0 unspecified atom stereocenters. The molecule has 0 atom stereocenters. The Hall–Kier alpha value is -3.45. The first-order valence-electron chi connectivity index (χ1n) is 10.2. The van der Waals surface area contributed by atoms with Gasteiger partial charge in [0.1, 0.15) is 0 Å². The molecular formula is C23H21ClN6O. The zero-order valence-electron chi connectivity index (χ0n) is 17.0. The number of rotatable bonds is 6. The third kappa shape index (κ3) is 3.84. The molecule has 0 aliphatic heterocycles. The number of nitrogens with zero attached hydrogens (tertiary/aromatic N) is 5. The van der Waals surface area contributed by atoms with Crippen LogP contribution in [-0.4, -0.2) is 30.5 Å². The molecular weight excluding hydrogens is 412 g/mol. The molecule has 3 heterocycles. The summed E-state index contributed by atoms with van der Waals surface area (Å²) in [6.45, 7) is 2.30. The van der Waals surface area contributed by atoms with Crippen LogP contribution in [0.5, 0.6) is 0 Å². The summed E-state index contributed by atoms with van der Waals surface area (Å²) in [5.41, 5.74) is 4.29. The molecule has 3 aromatic heterocycles. The summed E-state index contributed by atoms with van der Waals surface area (Å²) in [5, 5.41) is 12.5. The minimum Gasteiger partial charge on any atom is -0.348 e. The van der Waals surface area contributed by atoms with E-state index in [2.05, 4.69) is 20.5 Å². The highest BCUT2D eigenvalue weighted by atomic mass is 35.5. The van der Waals surface area contributed by atoms with Gasteiger partial charge in [0.05, 0.1) is 23.1 Å². The lowest BCUT2D eigenvalue weighted by atomic mass is 10.1. The van der Waals surface area contributed by atoms with Crippen molar-refractivity contribution in [2.45, 2.75) is 32.2 Å². The fraction of sp³-hybridized carbons (Fsp3) is 0.217. The molecule has 1 aliphatic carbocycles. The van der Waals surface area contributed by atoms with Gasteiger partial charge in [0.2, 0.25) is 0 Å². The lowest BCUT2D eigenvalue weighted by Crippen LogP contribution is -2.24. The number of pyridine rings is 1. The van der Waals surface area contributed by atoms with Crippen molar-refractivity contribution in [2.24, 2.45) is 0 Å². The number of hydrogen-bond acceptors (Lipinski definition) is 4. The van der Waals surface area contributed by atoms with Crippen LogP contribution in [0.4, 0.5) is 0 Å². The lowest BCUT2D eigenvalue weighted by molar-refractivity contribution is 0.0950. The number of aryl methyl sites for hydroxylation is 1. The van der Waals surface area contributed by atoms with Crippen LogP contribution in [0.2, 0.25) is 5.02 Å². The molecule has 0 radical (unpaired) electrons. The van der Waals surface area contributed by atoms with Crippen LogP contribution in [-0.2, 0) is 6.54 Å². The van der Waals surface area contributed by atoms with Crippen LogP contribution in [0.15, 0.2) is 61.2 Å². The van der Waals surface area contributed by atoms with E-state index in [0.717, 1.165) is 35.3 Å². The smallest absolute Gasteiger partial charge is 0.255 e. The maximum atomic E-state index is 13.1. The summed E-state index contributed by atoms with van der Waals surface area (Å²) in [6, 6.07) is 11.5. The molecule has 1 N–H and O–H groups in total. The van der Waals surface area contributed by atoms with Crippen molar-refractivity contribution in [3.63, 3.8) is 0 Å². The molecule has 7 nitrogen and oxygen atoms in total. The van der Waals surface area contributed by atoms with Gasteiger partial charge in [-0.15, -0.1) is 0 Å². The van der Waals surface area contributed by atoms with Gasteiger partial charge in [0.25, 0.3) is 5.91 Å². The standard InChI is InChI=1S/C23H21ClN6O/c1-15-5-8-18(12-20(15)24)30-21(16-6-7-16)19(14-28-30)23(31)26-13-17-4-2-9-25-22(17)29-11-3-10-27-29/h2-5,8-12,14,16H,6-7,13H2,1H3,(H,26,31). The number of hydrogen-bond donors (Lipinski definition) is 1. The second kappa shape index (κ2) is 8.00. The fourth-order valence-corrected chi connectivity index (χ4v) is 3.82. The summed E-state index contributed by atoms with van der Waals surface area (Å²) in [7, 11) is 0. The van der Waals surface area contributed by atoms with Crippen molar-refractivity contribution in [3.05, 3.63) is 88.6 Å². The zero-order valence-corrected chi connectivity index (χ0v) is 17.8. The van der Waals surface area contributed by atoms with Gasteiger partial charge >= 0.3 is 0 Å². The molecule has 1 aromatic carbocycles. The van der Waals surface area contributed by atoms with Crippen LogP contribution in [0, 0.1) is 6.92 Å². The Kier molecular flexibility index (Phi) is 5.03. The SMILES string of the molecule is Cc1ccc(-n2ncc(C(=O)NCc3cccnc3-n3cccn3)c2C2CC2)cc1Cl. The fourth-order valence-electron chi connectivity index (χ4n) is 3.64. The van der Waals surface area contributed by atoms with Crippen molar-refractivity contribution >= 4 is 17.5 Å². The Labute approximate surface area is 184 Å². The predicted molar refractivity (Wildman–Crippen MR) is 118 cm³/mol. The van der Waals surface area contributed by atoms with E-state index in [1.54, 1.807) is 23.3 Å². The number of aromatic nitrogens is 5. The molecule has 1 amide bonds. The van der Waals surface area contributed by atoms with Gasteiger partial charge in [-0.3, -0.25) is 4.79 Å². The largest absolute Gasteiger partial charge is 0.348 e. The average molecular weight is 433 g/mol. The number of benzene rings is 1. The summed E-state index contributed by atoms with van der Waals surface area (Å²) in [6.07, 6.45) is 8.99. The van der Waals surface area contributed by atoms with Crippen molar-refractivity contribution in [1.82, 2.24) is 29.9 Å². The first-order valence-corrected chi connectivity index (χ1v) is 10.6. The monoisotopic (exact) mass is 432 g/mol. The number of carbonyl (C=O) groups excluding carboxylic acids is 1. The molecule has 4 aromatic rings. The number of halogens is 1. The van der Waals surface area contributed by atoms with E-state index in [0.29, 0.717) is 28.9 Å². The highest BCUT2D eigenvalue weighted by molar-refractivity contribution is 6.31. The van der Waals surface area contributed by atoms with Gasteiger partial charge in [0.15, 0.2) is 5.82 Å². The zero-order chi connectivity index (χ0) is 21.4. The van der Waals surface area contributed by atoms with Crippen LogP contribution in [0.25, 0.3) is 11.5 Å². The van der Waals surface area contributed by atoms with E-state index >= 15 is 0 Å². The second-order valence-electron chi connectivity index (χ2n) is 7.68. The Bertz CT molecular complexity index is 1240. The van der Waals surface area contributed by atoms with E-state index in [1.807, 2.05) is 54.2 Å². The number of nitrogens with one attached hydrogen (secondary N) is 1. The van der Waals surface area contributed by atoms with Gasteiger partial charge in [-0.1, -0.05) is 23.7 Å². The number of carbonyl (C=O) groups is 1. The van der Waals surface area contributed by atoms with Crippen molar-refractivity contribution < 1.29 is 4.79 Å². The molecule has 8 heteroatoms. The van der Waals surface area contributed by atoms with Crippen LogP contribution >= 0.6 is 11.6 Å². The summed E-state index contributed by atoms with van der Waals surface area (Å²) >= 11 is 6.32. The van der Waals surface area contributed by atoms with E-state index in [4.69, 9.17) is 11.6 Å². The van der Waals surface area contributed by atoms with Gasteiger partial charge in [0, 0.05) is 41.6 Å². The van der Waals surface area contributed by atoms with Crippen LogP contribution in [0.3, 0.4) is 0 Å². The Morgan fingerprint density at radius 3 is 2.81 bits per heavy atom. The molecule has 1 saturated carbocycles. The van der Waals surface area contributed by atoms with Crippen LogP contribution < -0.4 is 5.32 Å². The Morgan fingerprint density at radius 2 is 2.06 bits per heavy atom. The normalized spacial score (nSPS) is 13.4. The van der Waals surface area contributed by atoms with Crippen molar-refractivity contribution in [3.8, 4) is 11.5 Å². The summed E-state index contributed by atoms with van der Waals surface area (Å²) < 4.78 is 3.54. The first kappa shape index (κ1) is 19.5. The van der Waals surface area contributed by atoms with Gasteiger partial charge in [-0.05, 0) is 49.6 Å². The number of amides is 1. The minimum atomic E-state index is -0.151. The average Bonchev–Trinajstić information content (AvgIpc) is 3.29. The summed E-state index contributed by atoms with van der Waals surface area (Å²) in [4.78, 5) is 17.5. The maximum absolute atomic E-state index is 13.1. The lowest BCUT2D eigenvalue weighted by Gasteiger charge is -2.12. The summed E-state index contributed by atoms with van der Waals surface area (Å²) in [5.74, 6) is 0.878. The highest BCUT2D eigenvalue weighted by Gasteiger charge is 2.33. The molecule has 0 saturated heterocycles. The maximum Gasteiger partial charge on any atom is 0.255 e. The highest BCUT2D eigenvalue weighted by Crippen LogP contribution is 2.42. The Morgan fingerprint density at radius 1 is 1.19 bits per heavy atom. The van der Waals surface area contributed by atoms with E-state index in [1.165, 1.54) is 0 Å². The van der Waals surface area contributed by atoms with E-state index in [-0.39, 0.29) is 5.91 Å². The molecule has 31 heavy (non-hydrogen) atoms. The predicted octanol–water partition coefficient (Wildman–Crippen LogP) is 4.22. The molecule has 156 valence electrons. The topological polar surface area (TPSA) is 77.6 Å².